The molecule has 27 heavy (non-hydrogen) atoms. The molecule has 0 spiro atoms. The molecule has 0 radical (unpaired) electrons. The lowest BCUT2D eigenvalue weighted by Gasteiger charge is -2.22. The number of hydrogen-bond acceptors (Lipinski definition) is 8. The molecule has 0 amide bonds. The molecular formula is C17H18N6O3S. The van der Waals surface area contributed by atoms with Gasteiger partial charge in [0, 0.05) is 19.3 Å². The topological polar surface area (TPSA) is 113 Å². The van der Waals surface area contributed by atoms with Gasteiger partial charge in [-0.3, -0.25) is 0 Å². The zero-order valence-electron chi connectivity index (χ0n) is 15.1. The number of ether oxygens (including phenoxy) is 1. The fourth-order valence-corrected chi connectivity index (χ4v) is 3.06. The first-order valence-electron chi connectivity index (χ1n) is 8.11. The third-order valence-corrected chi connectivity index (χ3v) is 4.82. The number of aromatic nitrogens is 4. The molecule has 0 fully saturated rings. The van der Waals surface area contributed by atoms with Crippen LogP contribution in [0.2, 0.25) is 0 Å². The van der Waals surface area contributed by atoms with Crippen LogP contribution < -0.4 is 9.64 Å². The molecule has 0 atom stereocenters. The molecule has 0 aliphatic carbocycles. The summed E-state index contributed by atoms with van der Waals surface area (Å²) in [4.78, 5) is 10.3. The van der Waals surface area contributed by atoms with E-state index >= 15 is 0 Å². The summed E-state index contributed by atoms with van der Waals surface area (Å²) in [5, 5.41) is 12.9. The van der Waals surface area contributed by atoms with Crippen LogP contribution in [0.15, 0.2) is 35.6 Å². The van der Waals surface area contributed by atoms with Gasteiger partial charge in [0.15, 0.2) is 17.2 Å². The van der Waals surface area contributed by atoms with E-state index in [-0.39, 0.29) is 10.9 Å². The molecule has 3 rings (SSSR count). The number of methoxy groups -OCH3 is 1. The van der Waals surface area contributed by atoms with Crippen LogP contribution >= 0.6 is 0 Å². The van der Waals surface area contributed by atoms with Crippen molar-refractivity contribution in [3.63, 3.8) is 0 Å². The van der Waals surface area contributed by atoms with Gasteiger partial charge >= 0.3 is 0 Å². The van der Waals surface area contributed by atoms with Crippen molar-refractivity contribution in [2.45, 2.75) is 18.6 Å². The molecule has 2 aromatic heterocycles. The zero-order valence-corrected chi connectivity index (χ0v) is 15.9. The summed E-state index contributed by atoms with van der Waals surface area (Å²) in [6.07, 6.45) is 2.38. The number of hydrogen-bond donors (Lipinski definition) is 0. The zero-order chi connectivity index (χ0) is 19.6. The molecule has 0 unspecified atom stereocenters. The van der Waals surface area contributed by atoms with Crippen molar-refractivity contribution in [3.05, 3.63) is 41.7 Å². The Hall–Kier alpha value is -3.19. The summed E-state index contributed by atoms with van der Waals surface area (Å²) in [7, 11) is -2.07. The molecule has 9 nitrogen and oxygen atoms in total. The lowest BCUT2D eigenvalue weighted by molar-refractivity contribution is 0.414. The maximum Gasteiger partial charge on any atom is 0.267 e. The van der Waals surface area contributed by atoms with Crippen molar-refractivity contribution in [2.75, 3.05) is 24.8 Å². The minimum atomic E-state index is -3.67. The van der Waals surface area contributed by atoms with E-state index in [2.05, 4.69) is 15.1 Å². The van der Waals surface area contributed by atoms with Crippen LogP contribution in [0.3, 0.4) is 0 Å². The molecule has 0 aliphatic heterocycles. The Morgan fingerprint density at radius 1 is 1.30 bits per heavy atom. The number of sulfone groups is 1. The maximum absolute atomic E-state index is 12.0. The number of imidazole rings is 1. The average molecular weight is 386 g/mol. The van der Waals surface area contributed by atoms with Crippen LogP contribution in [0.1, 0.15) is 18.2 Å². The van der Waals surface area contributed by atoms with Crippen LogP contribution in [0.4, 0.5) is 5.82 Å². The van der Waals surface area contributed by atoms with Gasteiger partial charge < -0.3 is 9.64 Å². The van der Waals surface area contributed by atoms with E-state index in [0.717, 1.165) is 17.6 Å². The highest BCUT2D eigenvalue weighted by molar-refractivity contribution is 7.90. The summed E-state index contributed by atoms with van der Waals surface area (Å²) < 4.78 is 30.4. The molecule has 0 saturated heterocycles. The van der Waals surface area contributed by atoms with Gasteiger partial charge in [0.25, 0.3) is 5.16 Å². The first-order chi connectivity index (χ1) is 12.9. The Bertz CT molecular complexity index is 1120. The highest BCUT2D eigenvalue weighted by Gasteiger charge is 2.22. The van der Waals surface area contributed by atoms with Crippen LogP contribution in [0.25, 0.3) is 5.65 Å². The van der Waals surface area contributed by atoms with Gasteiger partial charge in [-0.25, -0.2) is 13.4 Å². The summed E-state index contributed by atoms with van der Waals surface area (Å²) in [6.45, 7) is 2.96. The second-order valence-electron chi connectivity index (χ2n) is 5.84. The Balaban J connectivity index is 2.11. The molecule has 0 bridgehead atoms. The standard InChI is InChI=1S/C17H18N6O3S/c1-4-22(11-12-5-7-14(26-2)8-6-12)16-15-19-10-13(9-18)23(15)21-17(20-16)27(3,24)25/h5-8,10H,4,11H2,1-3H3. The quantitative estimate of drug-likeness (QED) is 0.625. The van der Waals surface area contributed by atoms with Crippen LogP contribution in [-0.4, -0.2) is 47.9 Å². The van der Waals surface area contributed by atoms with Gasteiger partial charge in [-0.05, 0) is 24.6 Å². The second-order valence-corrected chi connectivity index (χ2v) is 7.75. The number of fused-ring (bicyclic) bond motifs is 1. The van der Waals surface area contributed by atoms with E-state index < -0.39 is 9.84 Å². The maximum atomic E-state index is 12.0. The fraction of sp³-hybridized carbons (Fsp3) is 0.294. The molecule has 140 valence electrons. The van der Waals surface area contributed by atoms with E-state index in [1.54, 1.807) is 7.11 Å². The van der Waals surface area contributed by atoms with Crippen molar-refractivity contribution in [2.24, 2.45) is 0 Å². The molecule has 10 heteroatoms. The van der Waals surface area contributed by atoms with E-state index in [1.165, 1.54) is 10.7 Å². The lowest BCUT2D eigenvalue weighted by atomic mass is 10.2. The Kier molecular flexibility index (Phi) is 4.96. The monoisotopic (exact) mass is 386 g/mol. The van der Waals surface area contributed by atoms with Crippen molar-refractivity contribution in [1.29, 1.82) is 5.26 Å². The van der Waals surface area contributed by atoms with Crippen molar-refractivity contribution in [1.82, 2.24) is 19.6 Å². The highest BCUT2D eigenvalue weighted by atomic mass is 32.2. The van der Waals surface area contributed by atoms with E-state index in [4.69, 9.17) is 4.74 Å². The van der Waals surface area contributed by atoms with Gasteiger partial charge in [-0.15, -0.1) is 5.10 Å². The smallest absolute Gasteiger partial charge is 0.267 e. The summed E-state index contributed by atoms with van der Waals surface area (Å²) in [5.74, 6) is 1.10. The van der Waals surface area contributed by atoms with Gasteiger partial charge in [0.05, 0.1) is 13.3 Å². The molecule has 1 aromatic carbocycles. The number of anilines is 1. The van der Waals surface area contributed by atoms with E-state index in [0.29, 0.717) is 24.6 Å². The van der Waals surface area contributed by atoms with Gasteiger partial charge in [-0.2, -0.15) is 14.8 Å². The Labute approximate surface area is 156 Å². The SMILES string of the molecule is CCN(Cc1ccc(OC)cc1)c1nc(S(C)(=O)=O)nn2c(C#N)cnc12. The van der Waals surface area contributed by atoms with Gasteiger partial charge in [0.2, 0.25) is 9.84 Å². The summed E-state index contributed by atoms with van der Waals surface area (Å²) in [6, 6.07) is 9.50. The van der Waals surface area contributed by atoms with E-state index in [1.807, 2.05) is 42.2 Å². The Morgan fingerprint density at radius 3 is 2.56 bits per heavy atom. The third-order valence-electron chi connectivity index (χ3n) is 3.98. The molecule has 3 aromatic rings. The number of rotatable bonds is 6. The van der Waals surface area contributed by atoms with Crippen LogP contribution in [-0.2, 0) is 16.4 Å². The molecule has 0 N–H and O–H groups in total. The van der Waals surface area contributed by atoms with Gasteiger partial charge in [-0.1, -0.05) is 12.1 Å². The normalized spacial score (nSPS) is 11.3. The number of nitrogens with zero attached hydrogens (tertiary/aromatic N) is 6. The second kappa shape index (κ2) is 7.20. The number of nitriles is 1. The molecule has 2 heterocycles. The molecule has 0 saturated carbocycles. The predicted octanol–water partition coefficient (Wildman–Crippen LogP) is 1.43. The average Bonchev–Trinajstić information content (AvgIpc) is 3.08. The lowest BCUT2D eigenvalue weighted by Crippen LogP contribution is -2.25. The first-order valence-corrected chi connectivity index (χ1v) is 10.00. The van der Waals surface area contributed by atoms with Gasteiger partial charge in [0.1, 0.15) is 11.8 Å². The van der Waals surface area contributed by atoms with Crippen molar-refractivity contribution < 1.29 is 13.2 Å². The van der Waals surface area contributed by atoms with Crippen molar-refractivity contribution >= 4 is 21.3 Å². The number of benzene rings is 1. The largest absolute Gasteiger partial charge is 0.497 e. The minimum Gasteiger partial charge on any atom is -0.497 e. The molecular weight excluding hydrogens is 368 g/mol. The first kappa shape index (κ1) is 18.6. The summed E-state index contributed by atoms with van der Waals surface area (Å²) in [5.41, 5.74) is 1.45. The highest BCUT2D eigenvalue weighted by Crippen LogP contribution is 2.23. The van der Waals surface area contributed by atoms with Crippen molar-refractivity contribution in [3.8, 4) is 11.8 Å². The van der Waals surface area contributed by atoms with E-state index in [9.17, 15) is 13.7 Å². The third kappa shape index (κ3) is 3.68. The summed E-state index contributed by atoms with van der Waals surface area (Å²) >= 11 is 0. The molecule has 0 aliphatic rings. The Morgan fingerprint density at radius 2 is 2.00 bits per heavy atom. The van der Waals surface area contributed by atoms with Crippen LogP contribution in [0, 0.1) is 11.3 Å². The minimum absolute atomic E-state index is 0.138. The predicted molar refractivity (Wildman–Crippen MR) is 98.3 cm³/mol. The van der Waals surface area contributed by atoms with Crippen LogP contribution in [0.5, 0.6) is 5.75 Å². The fourth-order valence-electron chi connectivity index (χ4n) is 2.58.